The predicted molar refractivity (Wildman–Crippen MR) is 91.1 cm³/mol. The number of aryl methyl sites for hydroxylation is 3. The van der Waals surface area contributed by atoms with Crippen LogP contribution in [0.15, 0.2) is 47.4 Å². The second kappa shape index (κ2) is 7.32. The second-order valence-electron chi connectivity index (χ2n) is 5.23. The van der Waals surface area contributed by atoms with Gasteiger partial charge in [-0.3, -0.25) is 4.79 Å². The molecule has 0 aliphatic rings. The van der Waals surface area contributed by atoms with Gasteiger partial charge in [0.15, 0.2) is 0 Å². The molecule has 0 aliphatic heterocycles. The van der Waals surface area contributed by atoms with Crippen LogP contribution in [0.25, 0.3) is 0 Å². The number of carbonyl (C=O) groups is 1. The van der Waals surface area contributed by atoms with Crippen LogP contribution in [0.3, 0.4) is 0 Å². The van der Waals surface area contributed by atoms with Crippen molar-refractivity contribution in [3.8, 4) is 0 Å². The van der Waals surface area contributed by atoms with Crippen molar-refractivity contribution in [2.24, 2.45) is 0 Å². The number of nitrogens with one attached hydrogen (secondary N) is 1. The summed E-state index contributed by atoms with van der Waals surface area (Å²) in [6, 6.07) is 14.4. The van der Waals surface area contributed by atoms with E-state index < -0.39 is 0 Å². The molecule has 2 aromatic rings. The Morgan fingerprint density at radius 2 is 1.62 bits per heavy atom. The Morgan fingerprint density at radius 3 is 2.24 bits per heavy atom. The normalized spacial score (nSPS) is 10.4. The van der Waals surface area contributed by atoms with Crippen LogP contribution in [0, 0.1) is 20.8 Å². The summed E-state index contributed by atoms with van der Waals surface area (Å²) in [4.78, 5) is 13.2. The summed E-state index contributed by atoms with van der Waals surface area (Å²) >= 11 is 1.72. The summed E-state index contributed by atoms with van der Waals surface area (Å²) in [6.07, 6.45) is 0.520. The third-order valence-corrected chi connectivity index (χ3v) is 4.38. The lowest BCUT2D eigenvalue weighted by Gasteiger charge is -2.11. The van der Waals surface area contributed by atoms with Gasteiger partial charge in [-0.2, -0.15) is 0 Å². The van der Waals surface area contributed by atoms with Gasteiger partial charge < -0.3 is 5.32 Å². The molecule has 0 saturated heterocycles. The zero-order valence-corrected chi connectivity index (χ0v) is 13.6. The molecule has 0 atom stereocenters. The van der Waals surface area contributed by atoms with Gasteiger partial charge in [-0.1, -0.05) is 35.9 Å². The van der Waals surface area contributed by atoms with Crippen LogP contribution in [-0.4, -0.2) is 11.7 Å². The maximum absolute atomic E-state index is 12.0. The van der Waals surface area contributed by atoms with Gasteiger partial charge in [0.25, 0.3) is 0 Å². The third-order valence-electron chi connectivity index (χ3n) is 3.36. The summed E-state index contributed by atoms with van der Waals surface area (Å²) in [7, 11) is 0. The highest BCUT2D eigenvalue weighted by molar-refractivity contribution is 7.99. The first-order valence-corrected chi connectivity index (χ1v) is 8.10. The second-order valence-corrected chi connectivity index (χ2v) is 6.39. The maximum Gasteiger partial charge on any atom is 0.225 e. The van der Waals surface area contributed by atoms with Gasteiger partial charge in [-0.25, -0.2) is 0 Å². The molecule has 2 rings (SSSR count). The Hall–Kier alpha value is -1.74. The van der Waals surface area contributed by atoms with Crippen molar-refractivity contribution in [3.05, 3.63) is 59.2 Å². The summed E-state index contributed by atoms with van der Waals surface area (Å²) in [5, 5.41) is 3.02. The number of benzene rings is 2. The van der Waals surface area contributed by atoms with Crippen LogP contribution >= 0.6 is 11.8 Å². The fourth-order valence-corrected chi connectivity index (χ4v) is 2.96. The summed E-state index contributed by atoms with van der Waals surface area (Å²) in [5.74, 6) is 0.867. The zero-order valence-electron chi connectivity index (χ0n) is 12.8. The van der Waals surface area contributed by atoms with Crippen molar-refractivity contribution >= 4 is 23.4 Å². The van der Waals surface area contributed by atoms with Crippen LogP contribution in [-0.2, 0) is 4.79 Å². The number of carbonyl (C=O) groups excluding carboxylic acids is 1. The smallest absolute Gasteiger partial charge is 0.225 e. The molecule has 0 heterocycles. The van der Waals surface area contributed by atoms with Crippen molar-refractivity contribution in [1.29, 1.82) is 0 Å². The Morgan fingerprint density at radius 1 is 1.00 bits per heavy atom. The van der Waals surface area contributed by atoms with Gasteiger partial charge >= 0.3 is 0 Å². The molecule has 3 heteroatoms. The molecule has 2 nitrogen and oxygen atoms in total. The third kappa shape index (κ3) is 4.64. The lowest BCUT2D eigenvalue weighted by Crippen LogP contribution is -2.14. The van der Waals surface area contributed by atoms with Crippen LogP contribution in [0.4, 0.5) is 5.69 Å². The van der Waals surface area contributed by atoms with Crippen molar-refractivity contribution in [2.75, 3.05) is 11.1 Å². The van der Waals surface area contributed by atoms with E-state index in [4.69, 9.17) is 0 Å². The van der Waals surface area contributed by atoms with E-state index in [9.17, 15) is 4.79 Å². The first kappa shape index (κ1) is 15.6. The van der Waals surface area contributed by atoms with E-state index >= 15 is 0 Å². The molecule has 0 aromatic heterocycles. The Bertz CT molecular complexity index is 599. The van der Waals surface area contributed by atoms with E-state index in [0.29, 0.717) is 6.42 Å². The van der Waals surface area contributed by atoms with Crippen molar-refractivity contribution in [1.82, 2.24) is 0 Å². The monoisotopic (exact) mass is 299 g/mol. The quantitative estimate of drug-likeness (QED) is 0.808. The fourth-order valence-electron chi connectivity index (χ4n) is 2.11. The number of hydrogen-bond acceptors (Lipinski definition) is 2. The first-order valence-electron chi connectivity index (χ1n) is 7.12. The minimum atomic E-state index is 0.0759. The van der Waals surface area contributed by atoms with Crippen LogP contribution in [0.5, 0.6) is 0 Å². The molecule has 1 amide bonds. The summed E-state index contributed by atoms with van der Waals surface area (Å²) in [6.45, 7) is 6.11. The predicted octanol–water partition coefficient (Wildman–Crippen LogP) is 4.73. The molecular formula is C18H21NOS. The van der Waals surface area contributed by atoms with E-state index in [0.717, 1.165) is 22.6 Å². The van der Waals surface area contributed by atoms with E-state index in [-0.39, 0.29) is 5.91 Å². The lowest BCUT2D eigenvalue weighted by molar-refractivity contribution is -0.115. The van der Waals surface area contributed by atoms with E-state index in [1.165, 1.54) is 10.5 Å². The highest BCUT2D eigenvalue weighted by atomic mass is 32.2. The number of hydrogen-bond donors (Lipinski definition) is 1. The molecule has 0 unspecified atom stereocenters. The maximum atomic E-state index is 12.0. The molecule has 0 radical (unpaired) electrons. The highest BCUT2D eigenvalue weighted by Gasteiger charge is 2.07. The van der Waals surface area contributed by atoms with Crippen LogP contribution in [0.1, 0.15) is 23.1 Å². The molecule has 0 aliphatic carbocycles. The Kier molecular flexibility index (Phi) is 5.45. The molecule has 110 valence electrons. The van der Waals surface area contributed by atoms with Crippen LogP contribution < -0.4 is 5.32 Å². The first-order chi connectivity index (χ1) is 10.1. The largest absolute Gasteiger partial charge is 0.326 e. The molecule has 21 heavy (non-hydrogen) atoms. The molecule has 0 bridgehead atoms. The van der Waals surface area contributed by atoms with Gasteiger partial charge in [-0.15, -0.1) is 11.8 Å². The SMILES string of the molecule is Cc1ccc(SCCC(=O)Nc2c(C)cccc2C)cc1. The average molecular weight is 299 g/mol. The number of para-hydroxylation sites is 1. The molecule has 0 fully saturated rings. The molecule has 2 aromatic carbocycles. The average Bonchev–Trinajstić information content (AvgIpc) is 2.45. The minimum absolute atomic E-state index is 0.0759. The Labute approximate surface area is 131 Å². The summed E-state index contributed by atoms with van der Waals surface area (Å²) < 4.78 is 0. The minimum Gasteiger partial charge on any atom is -0.326 e. The number of amides is 1. The molecule has 0 saturated carbocycles. The lowest BCUT2D eigenvalue weighted by atomic mass is 10.1. The summed E-state index contributed by atoms with van der Waals surface area (Å²) in [5.41, 5.74) is 4.42. The zero-order chi connectivity index (χ0) is 15.2. The van der Waals surface area contributed by atoms with E-state index in [2.05, 4.69) is 36.5 Å². The number of thioether (sulfide) groups is 1. The number of anilines is 1. The van der Waals surface area contributed by atoms with Gasteiger partial charge in [0, 0.05) is 22.8 Å². The van der Waals surface area contributed by atoms with Gasteiger partial charge in [0.05, 0.1) is 0 Å². The molecule has 0 spiro atoms. The van der Waals surface area contributed by atoms with Crippen molar-refractivity contribution < 1.29 is 4.79 Å². The highest BCUT2D eigenvalue weighted by Crippen LogP contribution is 2.21. The van der Waals surface area contributed by atoms with Crippen molar-refractivity contribution in [2.45, 2.75) is 32.1 Å². The van der Waals surface area contributed by atoms with Gasteiger partial charge in [0.1, 0.15) is 0 Å². The topological polar surface area (TPSA) is 29.1 Å². The van der Waals surface area contributed by atoms with Gasteiger partial charge in [-0.05, 0) is 44.0 Å². The van der Waals surface area contributed by atoms with Crippen LogP contribution in [0.2, 0.25) is 0 Å². The van der Waals surface area contributed by atoms with Gasteiger partial charge in [0.2, 0.25) is 5.91 Å². The molecule has 1 N–H and O–H groups in total. The molecular weight excluding hydrogens is 278 g/mol. The fraction of sp³-hybridized carbons (Fsp3) is 0.278. The van der Waals surface area contributed by atoms with Crippen molar-refractivity contribution in [3.63, 3.8) is 0 Å². The standard InChI is InChI=1S/C18H21NOS/c1-13-7-9-16(10-8-13)21-12-11-17(20)19-18-14(2)5-4-6-15(18)3/h4-10H,11-12H2,1-3H3,(H,19,20). The van der Waals surface area contributed by atoms with E-state index in [1.54, 1.807) is 11.8 Å². The number of rotatable bonds is 5. The van der Waals surface area contributed by atoms with E-state index in [1.807, 2.05) is 32.0 Å². The Balaban J connectivity index is 1.84.